The van der Waals surface area contributed by atoms with Crippen LogP contribution in [0.25, 0.3) is 11.0 Å². The second kappa shape index (κ2) is 3.18. The summed E-state index contributed by atoms with van der Waals surface area (Å²) in [5.74, 6) is 0.991. The molecule has 0 atom stereocenters. The van der Waals surface area contributed by atoms with Crippen LogP contribution in [0.4, 0.5) is 5.69 Å². The number of hydrogen-bond donors (Lipinski definition) is 1. The Hall–Kier alpha value is -1.77. The van der Waals surface area contributed by atoms with E-state index >= 15 is 0 Å². The normalized spacial score (nSPS) is 10.6. The Balaban J connectivity index is 2.72. The van der Waals surface area contributed by atoms with Crippen molar-refractivity contribution in [1.29, 1.82) is 0 Å². The summed E-state index contributed by atoms with van der Waals surface area (Å²) in [4.78, 5) is 4.43. The fraction of sp³-hybridized carbons (Fsp3) is 0.182. The molecule has 0 saturated heterocycles. The third kappa shape index (κ3) is 1.27. The van der Waals surface area contributed by atoms with E-state index in [0.717, 1.165) is 29.1 Å². The first-order chi connectivity index (χ1) is 6.72. The number of rotatable bonds is 2. The van der Waals surface area contributed by atoms with E-state index in [0.29, 0.717) is 0 Å². The lowest BCUT2D eigenvalue weighted by Gasteiger charge is -2.02. The molecule has 3 heteroatoms. The first-order valence-electron chi connectivity index (χ1n) is 4.55. The third-order valence-electron chi connectivity index (χ3n) is 2.27. The Morgan fingerprint density at radius 3 is 3.07 bits per heavy atom. The van der Waals surface area contributed by atoms with Gasteiger partial charge >= 0.3 is 0 Å². The van der Waals surface area contributed by atoms with Crippen molar-refractivity contribution in [1.82, 2.24) is 9.55 Å². The monoisotopic (exact) mass is 187 g/mol. The molecule has 1 aromatic heterocycles. The van der Waals surface area contributed by atoms with E-state index < -0.39 is 0 Å². The minimum absolute atomic E-state index is 0.766. The zero-order chi connectivity index (χ0) is 10.1. The average Bonchev–Trinajstić information content (AvgIpc) is 2.45. The number of nitrogen functional groups attached to an aromatic ring is 1. The number of benzene rings is 1. The summed E-state index contributed by atoms with van der Waals surface area (Å²) in [5.41, 5.74) is 8.55. The third-order valence-corrected chi connectivity index (χ3v) is 2.27. The van der Waals surface area contributed by atoms with E-state index in [1.807, 2.05) is 31.2 Å². The predicted molar refractivity (Wildman–Crippen MR) is 59.1 cm³/mol. The molecule has 2 N–H and O–H groups in total. The van der Waals surface area contributed by atoms with Crippen LogP contribution in [0, 0.1) is 6.92 Å². The summed E-state index contributed by atoms with van der Waals surface area (Å²) in [5, 5.41) is 0. The van der Waals surface area contributed by atoms with E-state index in [-0.39, 0.29) is 0 Å². The number of hydrogen-bond acceptors (Lipinski definition) is 2. The Morgan fingerprint density at radius 1 is 1.57 bits per heavy atom. The van der Waals surface area contributed by atoms with Crippen LogP contribution in [-0.2, 0) is 6.54 Å². The highest BCUT2D eigenvalue weighted by atomic mass is 15.1. The molecule has 0 aliphatic heterocycles. The second-order valence-corrected chi connectivity index (χ2v) is 3.31. The highest BCUT2D eigenvalue weighted by Crippen LogP contribution is 2.18. The van der Waals surface area contributed by atoms with Crippen LogP contribution in [0.15, 0.2) is 30.9 Å². The van der Waals surface area contributed by atoms with Crippen LogP contribution >= 0.6 is 0 Å². The maximum atomic E-state index is 5.73. The largest absolute Gasteiger partial charge is 0.399 e. The van der Waals surface area contributed by atoms with Gasteiger partial charge in [-0.05, 0) is 25.1 Å². The number of nitrogens with two attached hydrogens (primary N) is 1. The Bertz CT molecular complexity index is 482. The van der Waals surface area contributed by atoms with E-state index in [1.54, 1.807) is 0 Å². The van der Waals surface area contributed by atoms with Gasteiger partial charge < -0.3 is 10.3 Å². The Morgan fingerprint density at radius 2 is 2.36 bits per heavy atom. The summed E-state index contributed by atoms with van der Waals surface area (Å²) in [6, 6.07) is 5.75. The van der Waals surface area contributed by atoms with Crippen molar-refractivity contribution in [3.63, 3.8) is 0 Å². The van der Waals surface area contributed by atoms with Gasteiger partial charge in [-0.25, -0.2) is 4.98 Å². The van der Waals surface area contributed by atoms with Crippen LogP contribution in [0.5, 0.6) is 0 Å². The van der Waals surface area contributed by atoms with E-state index in [1.165, 1.54) is 0 Å². The fourth-order valence-electron chi connectivity index (χ4n) is 1.62. The van der Waals surface area contributed by atoms with E-state index in [4.69, 9.17) is 5.73 Å². The highest BCUT2D eigenvalue weighted by Gasteiger charge is 2.05. The van der Waals surface area contributed by atoms with Gasteiger partial charge in [-0.3, -0.25) is 0 Å². The molecule has 0 aliphatic rings. The minimum atomic E-state index is 0.766. The van der Waals surface area contributed by atoms with Crippen molar-refractivity contribution in [2.24, 2.45) is 0 Å². The van der Waals surface area contributed by atoms with Crippen LogP contribution in [0.3, 0.4) is 0 Å². The van der Waals surface area contributed by atoms with Crippen LogP contribution < -0.4 is 5.73 Å². The molecule has 0 unspecified atom stereocenters. The molecule has 14 heavy (non-hydrogen) atoms. The van der Waals surface area contributed by atoms with Crippen molar-refractivity contribution in [3.8, 4) is 0 Å². The van der Waals surface area contributed by atoms with Gasteiger partial charge in [0, 0.05) is 12.2 Å². The molecule has 0 radical (unpaired) electrons. The zero-order valence-electron chi connectivity index (χ0n) is 8.20. The fourth-order valence-corrected chi connectivity index (χ4v) is 1.62. The summed E-state index contributed by atoms with van der Waals surface area (Å²) in [7, 11) is 0. The summed E-state index contributed by atoms with van der Waals surface area (Å²) in [6.07, 6.45) is 1.86. The number of nitrogens with zero attached hydrogens (tertiary/aromatic N) is 2. The molecule has 0 amide bonds. The number of allylic oxidation sites excluding steroid dienone is 1. The second-order valence-electron chi connectivity index (χ2n) is 3.31. The van der Waals surface area contributed by atoms with Crippen LogP contribution in [-0.4, -0.2) is 9.55 Å². The van der Waals surface area contributed by atoms with Gasteiger partial charge in [0.15, 0.2) is 0 Å². The number of imidazole rings is 1. The molecule has 2 aromatic rings. The molecule has 0 spiro atoms. The predicted octanol–water partition coefficient (Wildman–Crippen LogP) is 2.11. The van der Waals surface area contributed by atoms with Crippen molar-refractivity contribution in [3.05, 3.63) is 36.7 Å². The van der Waals surface area contributed by atoms with Gasteiger partial charge in [0.25, 0.3) is 0 Å². The molecule has 72 valence electrons. The molecule has 1 aromatic carbocycles. The zero-order valence-corrected chi connectivity index (χ0v) is 8.20. The molecular weight excluding hydrogens is 174 g/mol. The molecule has 0 fully saturated rings. The topological polar surface area (TPSA) is 43.8 Å². The van der Waals surface area contributed by atoms with E-state index in [2.05, 4.69) is 16.1 Å². The number of aromatic nitrogens is 2. The molecule has 3 nitrogen and oxygen atoms in total. The molecule has 0 aliphatic carbocycles. The van der Waals surface area contributed by atoms with Crippen LogP contribution in [0.1, 0.15) is 5.82 Å². The minimum Gasteiger partial charge on any atom is -0.399 e. The molecule has 0 bridgehead atoms. The number of fused-ring (bicyclic) bond motifs is 1. The van der Waals surface area contributed by atoms with Gasteiger partial charge in [0.1, 0.15) is 5.82 Å². The van der Waals surface area contributed by atoms with Gasteiger partial charge in [0.2, 0.25) is 0 Å². The van der Waals surface area contributed by atoms with Crippen molar-refractivity contribution in [2.75, 3.05) is 5.73 Å². The number of anilines is 1. The average molecular weight is 187 g/mol. The maximum absolute atomic E-state index is 5.73. The number of aryl methyl sites for hydroxylation is 1. The lowest BCUT2D eigenvalue weighted by Crippen LogP contribution is -1.97. The Labute approximate surface area is 82.9 Å². The van der Waals surface area contributed by atoms with Gasteiger partial charge in [0.05, 0.1) is 11.0 Å². The van der Waals surface area contributed by atoms with Gasteiger partial charge in [-0.1, -0.05) is 6.08 Å². The molecule has 1 heterocycles. The standard InChI is InChI=1S/C11H13N3/c1-3-6-14-8(2)13-10-5-4-9(12)7-11(10)14/h3-5,7H,1,6,12H2,2H3. The SMILES string of the molecule is C=CCn1c(C)nc2ccc(N)cc21. The van der Waals surface area contributed by atoms with Crippen molar-refractivity contribution >= 4 is 16.7 Å². The smallest absolute Gasteiger partial charge is 0.107 e. The van der Waals surface area contributed by atoms with Gasteiger partial charge in [-0.2, -0.15) is 0 Å². The molecule has 0 saturated carbocycles. The maximum Gasteiger partial charge on any atom is 0.107 e. The summed E-state index contributed by atoms with van der Waals surface area (Å²) < 4.78 is 2.10. The molecule has 2 rings (SSSR count). The van der Waals surface area contributed by atoms with Gasteiger partial charge in [-0.15, -0.1) is 6.58 Å². The van der Waals surface area contributed by atoms with E-state index in [9.17, 15) is 0 Å². The lowest BCUT2D eigenvalue weighted by atomic mass is 10.3. The lowest BCUT2D eigenvalue weighted by molar-refractivity contribution is 0.808. The van der Waals surface area contributed by atoms with Crippen LogP contribution in [0.2, 0.25) is 0 Å². The Kier molecular flexibility index (Phi) is 2.00. The summed E-state index contributed by atoms with van der Waals surface area (Å²) >= 11 is 0. The molecular formula is C11H13N3. The van der Waals surface area contributed by atoms with Crippen molar-refractivity contribution in [2.45, 2.75) is 13.5 Å². The summed E-state index contributed by atoms with van der Waals surface area (Å²) in [6.45, 7) is 6.48. The van der Waals surface area contributed by atoms with Crippen molar-refractivity contribution < 1.29 is 0 Å². The quantitative estimate of drug-likeness (QED) is 0.578. The highest BCUT2D eigenvalue weighted by molar-refractivity contribution is 5.79. The first-order valence-corrected chi connectivity index (χ1v) is 4.55. The first kappa shape index (κ1) is 8.81.